The molecule has 2 amide bonds. The van der Waals surface area contributed by atoms with Gasteiger partial charge in [-0.05, 0) is 56.0 Å². The lowest BCUT2D eigenvalue weighted by molar-refractivity contribution is -0.145. The third kappa shape index (κ3) is 11.3. The molecule has 3 unspecified atom stereocenters. The number of hydrogen-bond donors (Lipinski definition) is 4. The molecule has 0 aliphatic rings. The van der Waals surface area contributed by atoms with Crippen molar-refractivity contribution in [3.05, 3.63) is 120 Å². The second-order valence-corrected chi connectivity index (χ2v) is 14.5. The van der Waals surface area contributed by atoms with Crippen LogP contribution in [-0.2, 0) is 21.5 Å². The number of nitrogens with one attached hydrogen (secondary N) is 2. The number of benzene rings is 3. The first kappa shape index (κ1) is 40.3. The second-order valence-electron chi connectivity index (χ2n) is 14.5. The lowest BCUT2D eigenvalue weighted by Crippen LogP contribution is -2.54. The molecule has 0 bridgehead atoms. The van der Waals surface area contributed by atoms with Crippen LogP contribution in [0.4, 0.5) is 0 Å². The molecule has 0 aliphatic carbocycles. The number of carbonyl (C=O) groups is 3. The number of carboxylic acid groups (broad SMARTS) is 1. The van der Waals surface area contributed by atoms with Gasteiger partial charge in [0.1, 0.15) is 17.9 Å². The topological polar surface area (TPSA) is 169 Å². The van der Waals surface area contributed by atoms with E-state index in [1.807, 2.05) is 57.2 Å². The molecule has 288 valence electrons. The van der Waals surface area contributed by atoms with Crippen molar-refractivity contribution in [1.82, 2.24) is 30.4 Å². The fourth-order valence-corrected chi connectivity index (χ4v) is 5.92. The molecular weight excluding hydrogens is 697 g/mol. The molecule has 2 heterocycles. The van der Waals surface area contributed by atoms with Crippen LogP contribution < -0.4 is 15.4 Å². The quantitative estimate of drug-likeness (QED) is 0.0709. The van der Waals surface area contributed by atoms with Gasteiger partial charge in [0, 0.05) is 36.1 Å². The molecule has 0 spiro atoms. The Morgan fingerprint density at radius 3 is 2.07 bits per heavy atom. The van der Waals surface area contributed by atoms with Crippen molar-refractivity contribution in [3.8, 4) is 28.3 Å². The first-order chi connectivity index (χ1) is 26.4. The Kier molecular flexibility index (Phi) is 13.9. The molecular formula is C43H50N6O6. The zero-order valence-electron chi connectivity index (χ0n) is 31.8. The van der Waals surface area contributed by atoms with Crippen LogP contribution in [0, 0.1) is 0 Å². The summed E-state index contributed by atoms with van der Waals surface area (Å²) in [7, 11) is 0. The van der Waals surface area contributed by atoms with Crippen molar-refractivity contribution < 1.29 is 29.3 Å². The van der Waals surface area contributed by atoms with Crippen molar-refractivity contribution in [2.75, 3.05) is 6.61 Å². The number of carboxylic acids is 1. The lowest BCUT2D eigenvalue weighted by Gasteiger charge is -2.24. The van der Waals surface area contributed by atoms with Gasteiger partial charge in [-0.3, -0.25) is 14.3 Å². The summed E-state index contributed by atoms with van der Waals surface area (Å²) < 4.78 is 7.54. The lowest BCUT2D eigenvalue weighted by atomic mass is 10.00. The zero-order valence-corrected chi connectivity index (χ0v) is 31.8. The summed E-state index contributed by atoms with van der Waals surface area (Å²) in [5, 5.41) is 30.3. The summed E-state index contributed by atoms with van der Waals surface area (Å²) in [5.74, 6) is -1.42. The van der Waals surface area contributed by atoms with E-state index in [2.05, 4.69) is 32.6 Å². The molecule has 12 nitrogen and oxygen atoms in total. The van der Waals surface area contributed by atoms with Gasteiger partial charge in [-0.15, -0.1) is 0 Å². The highest BCUT2D eigenvalue weighted by Gasteiger charge is 2.33. The van der Waals surface area contributed by atoms with Gasteiger partial charge in [0.25, 0.3) is 5.91 Å². The van der Waals surface area contributed by atoms with Gasteiger partial charge in [0.05, 0.1) is 23.9 Å². The van der Waals surface area contributed by atoms with Gasteiger partial charge in [-0.25, -0.2) is 14.8 Å². The second kappa shape index (κ2) is 18.9. The van der Waals surface area contributed by atoms with E-state index in [9.17, 15) is 24.6 Å². The van der Waals surface area contributed by atoms with Crippen LogP contribution in [0.1, 0.15) is 87.4 Å². The van der Waals surface area contributed by atoms with E-state index >= 15 is 0 Å². The van der Waals surface area contributed by atoms with E-state index in [-0.39, 0.29) is 17.5 Å². The van der Waals surface area contributed by atoms with Crippen LogP contribution in [0.3, 0.4) is 0 Å². The van der Waals surface area contributed by atoms with Crippen LogP contribution in [-0.4, -0.2) is 66.4 Å². The Morgan fingerprint density at radius 1 is 0.800 bits per heavy atom. The minimum absolute atomic E-state index is 0.0252. The third-order valence-electron chi connectivity index (χ3n) is 9.18. The van der Waals surface area contributed by atoms with E-state index < -0.39 is 36.0 Å². The minimum Gasteiger partial charge on any atom is -0.494 e. The average molecular weight is 747 g/mol. The van der Waals surface area contributed by atoms with Gasteiger partial charge < -0.3 is 25.6 Å². The molecule has 0 fully saturated rings. The van der Waals surface area contributed by atoms with Gasteiger partial charge >= 0.3 is 5.97 Å². The molecule has 0 aliphatic heterocycles. The Balaban J connectivity index is 1.27. The van der Waals surface area contributed by atoms with Crippen LogP contribution >= 0.6 is 0 Å². The number of nitrogens with zero attached hydrogens (tertiary/aromatic N) is 4. The maximum Gasteiger partial charge on any atom is 0.329 e. The van der Waals surface area contributed by atoms with Gasteiger partial charge in [0.2, 0.25) is 5.91 Å². The van der Waals surface area contributed by atoms with Crippen molar-refractivity contribution >= 4 is 17.8 Å². The Labute approximate surface area is 322 Å². The first-order valence-corrected chi connectivity index (χ1v) is 18.7. The van der Waals surface area contributed by atoms with Crippen LogP contribution in [0.2, 0.25) is 0 Å². The van der Waals surface area contributed by atoms with E-state index in [4.69, 9.17) is 4.74 Å². The number of aliphatic carboxylic acids is 1. The Hall–Kier alpha value is -5.88. The number of rotatable bonds is 18. The summed E-state index contributed by atoms with van der Waals surface area (Å²) in [4.78, 5) is 48.5. The maximum absolute atomic E-state index is 13.7. The molecule has 4 N–H and O–H groups in total. The molecule has 2 aromatic heterocycles. The van der Waals surface area contributed by atoms with E-state index in [1.165, 1.54) is 31.9 Å². The number of carbonyl (C=O) groups excluding carboxylic acids is 2. The summed E-state index contributed by atoms with van der Waals surface area (Å²) >= 11 is 0. The molecule has 55 heavy (non-hydrogen) atoms. The summed E-state index contributed by atoms with van der Waals surface area (Å²) in [6, 6.07) is 20.5. The normalized spacial score (nSPS) is 13.0. The van der Waals surface area contributed by atoms with E-state index in [0.717, 1.165) is 28.9 Å². The molecule has 12 heteroatoms. The number of unbranched alkanes of at least 4 members (excludes halogenated alkanes) is 4. The SMILES string of the molecule is CCCCCCCOc1ccc(-c2cnc(-c3ccc(CC(NC(=O)c4cnn(C(C)(C)C)c4)C(=O)NC(C(=O)O)C(O)c4ccccc4)cc3)nc2)cc1. The van der Waals surface area contributed by atoms with Gasteiger partial charge in [-0.1, -0.05) is 99.3 Å². The molecule has 3 atom stereocenters. The highest BCUT2D eigenvalue weighted by molar-refractivity contribution is 5.98. The van der Waals surface area contributed by atoms with Crippen molar-refractivity contribution in [1.29, 1.82) is 0 Å². The summed E-state index contributed by atoms with van der Waals surface area (Å²) in [6.45, 7) is 8.73. The third-order valence-corrected chi connectivity index (χ3v) is 9.18. The molecule has 0 saturated carbocycles. The maximum atomic E-state index is 13.7. The largest absolute Gasteiger partial charge is 0.494 e. The van der Waals surface area contributed by atoms with Crippen molar-refractivity contribution in [3.63, 3.8) is 0 Å². The smallest absolute Gasteiger partial charge is 0.329 e. The van der Waals surface area contributed by atoms with Crippen LogP contribution in [0.25, 0.3) is 22.5 Å². The molecule has 5 aromatic rings. The first-order valence-electron chi connectivity index (χ1n) is 18.7. The fraction of sp³-hybridized carbons (Fsp3) is 0.349. The van der Waals surface area contributed by atoms with E-state index in [1.54, 1.807) is 65.7 Å². The Bertz CT molecular complexity index is 1990. The standard InChI is InChI=1S/C43H50N6O6/c1-5-6-7-8-12-23-55-35-21-19-30(20-22-35)33-25-44-39(45-26-33)32-17-15-29(16-18-32)24-36(47-40(51)34-27-46-49(28-34)43(2,3)4)41(52)48-37(42(53)54)38(50)31-13-10-9-11-14-31/h9-11,13-22,25-28,36-38,50H,5-8,12,23-24H2,1-4H3,(H,47,51)(H,48,52)(H,53,54). The van der Waals surface area contributed by atoms with Crippen molar-refractivity contribution in [2.24, 2.45) is 0 Å². The highest BCUT2D eigenvalue weighted by atomic mass is 16.5. The minimum atomic E-state index is -1.67. The summed E-state index contributed by atoms with van der Waals surface area (Å²) in [6.07, 6.45) is 11.0. The number of aromatic nitrogens is 4. The average Bonchev–Trinajstić information content (AvgIpc) is 3.71. The monoisotopic (exact) mass is 746 g/mol. The predicted octanol–water partition coefficient (Wildman–Crippen LogP) is 6.76. The van der Waals surface area contributed by atoms with Crippen LogP contribution in [0.15, 0.2) is 104 Å². The number of aliphatic hydroxyl groups is 1. The summed E-state index contributed by atoms with van der Waals surface area (Å²) in [5.41, 5.74) is 3.44. The highest BCUT2D eigenvalue weighted by Crippen LogP contribution is 2.24. The van der Waals surface area contributed by atoms with Gasteiger partial charge in [-0.2, -0.15) is 5.10 Å². The van der Waals surface area contributed by atoms with E-state index in [0.29, 0.717) is 23.6 Å². The zero-order chi connectivity index (χ0) is 39.4. The molecule has 5 rings (SSSR count). The number of hydrogen-bond acceptors (Lipinski definition) is 8. The molecule has 0 saturated heterocycles. The van der Waals surface area contributed by atoms with Crippen LogP contribution in [0.5, 0.6) is 5.75 Å². The van der Waals surface area contributed by atoms with Crippen molar-refractivity contribution in [2.45, 2.75) is 89.9 Å². The Morgan fingerprint density at radius 2 is 1.45 bits per heavy atom. The fourth-order valence-electron chi connectivity index (χ4n) is 5.92. The number of aliphatic hydroxyl groups excluding tert-OH is 1. The number of ether oxygens (including phenoxy) is 1. The predicted molar refractivity (Wildman–Crippen MR) is 210 cm³/mol. The molecule has 3 aromatic carbocycles. The van der Waals surface area contributed by atoms with Gasteiger partial charge in [0.15, 0.2) is 11.9 Å². The molecule has 0 radical (unpaired) electrons. The number of amides is 2.